The Kier molecular flexibility index (Phi) is 10.1. The first-order valence-corrected chi connectivity index (χ1v) is 10.8. The van der Waals surface area contributed by atoms with E-state index in [1.807, 2.05) is 30.3 Å². The number of hydrogen-bond donors (Lipinski definition) is 1. The summed E-state index contributed by atoms with van der Waals surface area (Å²) in [6.07, 6.45) is 8.22. The van der Waals surface area contributed by atoms with Gasteiger partial charge in [0.05, 0.1) is 14.2 Å². The molecule has 0 radical (unpaired) electrons. The molecule has 2 aromatic carbocycles. The molecule has 0 heterocycles. The molecule has 0 aliphatic carbocycles. The lowest BCUT2D eigenvalue weighted by Gasteiger charge is -2.17. The van der Waals surface area contributed by atoms with E-state index in [2.05, 4.69) is 6.92 Å². The monoisotopic (exact) mass is 414 g/mol. The van der Waals surface area contributed by atoms with Gasteiger partial charge in [-0.15, -0.1) is 0 Å². The zero-order chi connectivity index (χ0) is 21.8. The van der Waals surface area contributed by atoms with Crippen LogP contribution in [0, 0.1) is 0 Å². The summed E-state index contributed by atoms with van der Waals surface area (Å²) in [7, 11) is 2.92. The van der Waals surface area contributed by atoms with Crippen molar-refractivity contribution in [2.24, 2.45) is 0 Å². The van der Waals surface area contributed by atoms with E-state index in [-0.39, 0.29) is 29.5 Å². The molecule has 0 saturated heterocycles. The van der Waals surface area contributed by atoms with Gasteiger partial charge in [0.25, 0.3) is 0 Å². The van der Waals surface area contributed by atoms with Crippen molar-refractivity contribution in [3.63, 3.8) is 0 Å². The summed E-state index contributed by atoms with van der Waals surface area (Å²) in [6.45, 7) is 2.49. The standard InChI is InChI=1S/C25H34O5/c1-4-5-6-7-8-9-13-16-20(26)23-21(30-18-19-14-11-10-12-15-19)17-22(28-2)25(29-3)24(23)27/h10-12,14-15,17,27H,4-9,13,16,18H2,1-3H3. The maximum absolute atomic E-state index is 13.0. The van der Waals surface area contributed by atoms with Gasteiger partial charge in [0, 0.05) is 12.5 Å². The minimum atomic E-state index is -0.229. The van der Waals surface area contributed by atoms with Gasteiger partial charge in [-0.3, -0.25) is 4.79 Å². The largest absolute Gasteiger partial charge is 0.504 e. The van der Waals surface area contributed by atoms with Crippen LogP contribution in [0.1, 0.15) is 74.2 Å². The molecule has 0 saturated carbocycles. The molecule has 2 rings (SSSR count). The average molecular weight is 415 g/mol. The molecule has 5 heteroatoms. The second kappa shape index (κ2) is 12.8. The predicted molar refractivity (Wildman–Crippen MR) is 119 cm³/mol. The Morgan fingerprint density at radius 2 is 1.57 bits per heavy atom. The maximum Gasteiger partial charge on any atom is 0.204 e. The van der Waals surface area contributed by atoms with Gasteiger partial charge in [-0.25, -0.2) is 0 Å². The number of phenolic OH excluding ortho intramolecular Hbond substituents is 1. The Labute approximate surface area is 180 Å². The van der Waals surface area contributed by atoms with Crippen LogP contribution in [0.25, 0.3) is 0 Å². The van der Waals surface area contributed by atoms with E-state index in [9.17, 15) is 9.90 Å². The third-order valence-electron chi connectivity index (χ3n) is 5.13. The summed E-state index contributed by atoms with van der Waals surface area (Å²) in [4.78, 5) is 13.0. The molecule has 164 valence electrons. The average Bonchev–Trinajstić information content (AvgIpc) is 2.77. The van der Waals surface area contributed by atoms with Crippen LogP contribution in [-0.4, -0.2) is 25.1 Å². The van der Waals surface area contributed by atoms with Gasteiger partial charge in [-0.2, -0.15) is 0 Å². The van der Waals surface area contributed by atoms with Gasteiger partial charge in [0.2, 0.25) is 5.75 Å². The summed E-state index contributed by atoms with van der Waals surface area (Å²) >= 11 is 0. The van der Waals surface area contributed by atoms with Gasteiger partial charge < -0.3 is 19.3 Å². The summed E-state index contributed by atoms with van der Waals surface area (Å²) in [6, 6.07) is 11.3. The van der Waals surface area contributed by atoms with Crippen molar-refractivity contribution in [1.82, 2.24) is 0 Å². The molecule has 5 nitrogen and oxygen atoms in total. The number of ketones is 1. The number of methoxy groups -OCH3 is 2. The highest BCUT2D eigenvalue weighted by molar-refractivity contribution is 6.02. The number of benzene rings is 2. The highest BCUT2D eigenvalue weighted by atomic mass is 16.5. The lowest BCUT2D eigenvalue weighted by Crippen LogP contribution is -2.07. The molecular weight excluding hydrogens is 380 g/mol. The van der Waals surface area contributed by atoms with Crippen LogP contribution in [0.5, 0.6) is 23.0 Å². The Bertz CT molecular complexity index is 786. The lowest BCUT2D eigenvalue weighted by molar-refractivity contribution is 0.0971. The number of hydrogen-bond acceptors (Lipinski definition) is 5. The summed E-state index contributed by atoms with van der Waals surface area (Å²) < 4.78 is 16.5. The van der Waals surface area contributed by atoms with Gasteiger partial charge in [-0.05, 0) is 12.0 Å². The zero-order valence-corrected chi connectivity index (χ0v) is 18.4. The van der Waals surface area contributed by atoms with Crippen LogP contribution in [0.2, 0.25) is 0 Å². The minimum absolute atomic E-state index is 0.146. The van der Waals surface area contributed by atoms with Crippen LogP contribution in [0.4, 0.5) is 0 Å². The number of carbonyl (C=O) groups is 1. The number of aromatic hydroxyl groups is 1. The minimum Gasteiger partial charge on any atom is -0.504 e. The molecule has 0 aromatic heterocycles. The van der Waals surface area contributed by atoms with Crippen molar-refractivity contribution in [1.29, 1.82) is 0 Å². The molecule has 0 spiro atoms. The molecule has 1 N–H and O–H groups in total. The van der Waals surface area contributed by atoms with Gasteiger partial charge in [-0.1, -0.05) is 75.8 Å². The number of phenols is 1. The summed E-state index contributed by atoms with van der Waals surface area (Å²) in [5.41, 5.74) is 1.13. The highest BCUT2D eigenvalue weighted by Gasteiger charge is 2.25. The Hall–Kier alpha value is -2.69. The molecule has 0 unspecified atom stereocenters. The van der Waals surface area contributed by atoms with Crippen molar-refractivity contribution in [2.75, 3.05) is 14.2 Å². The Morgan fingerprint density at radius 3 is 2.20 bits per heavy atom. The first-order chi connectivity index (χ1) is 14.6. The van der Waals surface area contributed by atoms with Crippen molar-refractivity contribution >= 4 is 5.78 Å². The first kappa shape index (κ1) is 23.6. The number of rotatable bonds is 14. The number of unbranched alkanes of at least 4 members (excludes halogenated alkanes) is 6. The Balaban J connectivity index is 2.13. The quantitative estimate of drug-likeness (QED) is 0.290. The predicted octanol–water partition coefficient (Wildman–Crippen LogP) is 6.31. The SMILES string of the molecule is CCCCCCCCCC(=O)c1c(OCc2ccccc2)cc(OC)c(OC)c1O. The number of Topliss-reactive ketones (excluding diaryl/α,β-unsaturated/α-hetero) is 1. The second-order valence-electron chi connectivity index (χ2n) is 7.40. The molecule has 2 aromatic rings. The van der Waals surface area contributed by atoms with Gasteiger partial charge in [0.15, 0.2) is 17.3 Å². The van der Waals surface area contributed by atoms with Crippen LogP contribution < -0.4 is 14.2 Å². The van der Waals surface area contributed by atoms with Crippen molar-refractivity contribution in [2.45, 2.75) is 64.9 Å². The van der Waals surface area contributed by atoms with E-state index in [0.29, 0.717) is 17.9 Å². The van der Waals surface area contributed by atoms with Crippen molar-refractivity contribution < 1.29 is 24.1 Å². The van der Waals surface area contributed by atoms with Gasteiger partial charge in [0.1, 0.15) is 17.9 Å². The molecule has 0 aliphatic heterocycles. The normalized spacial score (nSPS) is 10.6. The van der Waals surface area contributed by atoms with E-state index in [4.69, 9.17) is 14.2 Å². The molecule has 30 heavy (non-hydrogen) atoms. The second-order valence-corrected chi connectivity index (χ2v) is 7.40. The van der Waals surface area contributed by atoms with Crippen LogP contribution in [-0.2, 0) is 6.61 Å². The van der Waals surface area contributed by atoms with E-state index in [1.54, 1.807) is 6.07 Å². The van der Waals surface area contributed by atoms with Crippen LogP contribution in [0.15, 0.2) is 36.4 Å². The smallest absolute Gasteiger partial charge is 0.204 e. The third kappa shape index (κ3) is 6.68. The summed E-state index contributed by atoms with van der Waals surface area (Å²) in [5.74, 6) is 0.401. The van der Waals surface area contributed by atoms with Crippen LogP contribution in [0.3, 0.4) is 0 Å². The topological polar surface area (TPSA) is 65.0 Å². The van der Waals surface area contributed by atoms with E-state index in [0.717, 1.165) is 24.8 Å². The number of ether oxygens (including phenoxy) is 3. The summed E-state index contributed by atoms with van der Waals surface area (Å²) in [5, 5.41) is 10.7. The van der Waals surface area contributed by atoms with E-state index >= 15 is 0 Å². The molecule has 0 amide bonds. The first-order valence-electron chi connectivity index (χ1n) is 10.8. The maximum atomic E-state index is 13.0. The van der Waals surface area contributed by atoms with Crippen molar-refractivity contribution in [3.05, 3.63) is 47.5 Å². The van der Waals surface area contributed by atoms with Gasteiger partial charge >= 0.3 is 0 Å². The van der Waals surface area contributed by atoms with E-state index in [1.165, 1.54) is 39.9 Å². The van der Waals surface area contributed by atoms with E-state index < -0.39 is 0 Å². The lowest BCUT2D eigenvalue weighted by atomic mass is 10.0. The fourth-order valence-corrected chi connectivity index (χ4v) is 3.44. The van der Waals surface area contributed by atoms with Crippen LogP contribution >= 0.6 is 0 Å². The third-order valence-corrected chi connectivity index (χ3v) is 5.13. The zero-order valence-electron chi connectivity index (χ0n) is 18.4. The number of carbonyl (C=O) groups excluding carboxylic acids is 1. The van der Waals surface area contributed by atoms with Crippen molar-refractivity contribution in [3.8, 4) is 23.0 Å². The molecule has 0 bridgehead atoms. The molecule has 0 aliphatic rings. The molecule has 0 fully saturated rings. The Morgan fingerprint density at radius 1 is 0.900 bits per heavy atom. The fourth-order valence-electron chi connectivity index (χ4n) is 3.44. The highest BCUT2D eigenvalue weighted by Crippen LogP contribution is 2.45. The molecule has 0 atom stereocenters. The molecular formula is C25H34O5. The fraction of sp³-hybridized carbons (Fsp3) is 0.480.